The summed E-state index contributed by atoms with van der Waals surface area (Å²) in [4.78, 5) is 34.7. The van der Waals surface area contributed by atoms with E-state index < -0.39 is 17.7 Å². The molecule has 6 nitrogen and oxygen atoms in total. The molecule has 0 aliphatic carbocycles. The van der Waals surface area contributed by atoms with Crippen LogP contribution < -0.4 is 5.32 Å². The molecule has 1 rings (SSSR count). The first-order chi connectivity index (χ1) is 10.1. The van der Waals surface area contributed by atoms with Crippen molar-refractivity contribution in [1.82, 2.24) is 0 Å². The summed E-state index contributed by atoms with van der Waals surface area (Å²) >= 11 is 0. The third-order valence-electron chi connectivity index (χ3n) is 2.72. The van der Waals surface area contributed by atoms with Gasteiger partial charge >= 0.3 is 12.1 Å². The Morgan fingerprint density at radius 2 is 1.82 bits per heavy atom. The maximum absolute atomic E-state index is 11.9. The summed E-state index contributed by atoms with van der Waals surface area (Å²) in [5.74, 6) is -0.919. The minimum atomic E-state index is -0.589. The Balaban J connectivity index is 2.80. The molecule has 0 saturated carbocycles. The van der Waals surface area contributed by atoms with Crippen molar-refractivity contribution in [3.8, 4) is 0 Å². The van der Waals surface area contributed by atoms with Gasteiger partial charge in [0, 0.05) is 11.3 Å². The molecule has 120 valence electrons. The van der Waals surface area contributed by atoms with Crippen molar-refractivity contribution in [3.05, 3.63) is 29.3 Å². The van der Waals surface area contributed by atoms with Gasteiger partial charge in [-0.15, -0.1) is 0 Å². The van der Waals surface area contributed by atoms with E-state index in [-0.39, 0.29) is 12.2 Å². The molecule has 1 N–H and O–H groups in total. The number of amides is 1. The number of hydrogen-bond acceptors (Lipinski definition) is 5. The van der Waals surface area contributed by atoms with Crippen LogP contribution in [0.1, 0.15) is 43.1 Å². The molecular weight excluding hydrogens is 286 g/mol. The summed E-state index contributed by atoms with van der Waals surface area (Å²) in [6.45, 7) is 7.07. The lowest BCUT2D eigenvalue weighted by molar-refractivity contribution is -0.139. The number of hydrogen-bond donors (Lipinski definition) is 1. The average Bonchev–Trinajstić information content (AvgIpc) is 2.38. The topological polar surface area (TPSA) is 81.7 Å². The molecule has 0 saturated heterocycles. The number of methoxy groups -OCH3 is 1. The summed E-state index contributed by atoms with van der Waals surface area (Å²) in [5, 5.41) is 2.62. The molecule has 0 fully saturated rings. The Hall–Kier alpha value is -2.37. The Bertz CT molecular complexity index is 587. The largest absolute Gasteiger partial charge is 0.469 e. The molecule has 22 heavy (non-hydrogen) atoms. The van der Waals surface area contributed by atoms with Crippen LogP contribution >= 0.6 is 0 Å². The predicted molar refractivity (Wildman–Crippen MR) is 82.0 cm³/mol. The van der Waals surface area contributed by atoms with Gasteiger partial charge in [0.05, 0.1) is 7.11 Å². The number of aryl methyl sites for hydroxylation is 1. The zero-order valence-electron chi connectivity index (χ0n) is 13.5. The number of benzene rings is 1. The SMILES string of the molecule is COC(=O)CC(=O)c1ccc(NC(=O)OC(C)(C)C)c(C)c1. The number of esters is 1. The fourth-order valence-electron chi connectivity index (χ4n) is 1.70. The van der Waals surface area contributed by atoms with Crippen molar-refractivity contribution in [2.45, 2.75) is 39.7 Å². The predicted octanol–water partition coefficient (Wildman–Crippen LogP) is 3.09. The van der Waals surface area contributed by atoms with Crippen molar-refractivity contribution in [2.75, 3.05) is 12.4 Å². The van der Waals surface area contributed by atoms with Crippen LogP contribution in [0.25, 0.3) is 0 Å². The smallest absolute Gasteiger partial charge is 0.412 e. The van der Waals surface area contributed by atoms with E-state index in [1.54, 1.807) is 45.9 Å². The molecule has 0 atom stereocenters. The van der Waals surface area contributed by atoms with E-state index in [1.807, 2.05) is 0 Å². The van der Waals surface area contributed by atoms with E-state index >= 15 is 0 Å². The van der Waals surface area contributed by atoms with Crippen molar-refractivity contribution in [3.63, 3.8) is 0 Å². The van der Waals surface area contributed by atoms with Gasteiger partial charge in [-0.1, -0.05) is 0 Å². The molecule has 0 bridgehead atoms. The molecule has 1 aromatic rings. The zero-order valence-corrected chi connectivity index (χ0v) is 13.5. The van der Waals surface area contributed by atoms with Crippen LogP contribution in [0.2, 0.25) is 0 Å². The van der Waals surface area contributed by atoms with Crippen LogP contribution in [0.15, 0.2) is 18.2 Å². The summed E-state index contributed by atoms with van der Waals surface area (Å²) in [5.41, 5.74) is 1.04. The van der Waals surface area contributed by atoms with E-state index in [1.165, 1.54) is 7.11 Å². The van der Waals surface area contributed by atoms with Crippen LogP contribution in [0.3, 0.4) is 0 Å². The number of carbonyl (C=O) groups is 3. The third-order valence-corrected chi connectivity index (χ3v) is 2.72. The quantitative estimate of drug-likeness (QED) is 0.525. The van der Waals surface area contributed by atoms with E-state index in [0.717, 1.165) is 0 Å². The second-order valence-corrected chi connectivity index (χ2v) is 5.83. The van der Waals surface area contributed by atoms with Gasteiger partial charge in [0.2, 0.25) is 0 Å². The highest BCUT2D eigenvalue weighted by molar-refractivity contribution is 6.06. The Kier molecular flexibility index (Phi) is 5.68. The number of rotatable bonds is 4. The fourth-order valence-corrected chi connectivity index (χ4v) is 1.70. The summed E-state index contributed by atoms with van der Waals surface area (Å²) in [6.07, 6.45) is -0.876. The van der Waals surface area contributed by atoms with Gasteiger partial charge in [-0.3, -0.25) is 14.9 Å². The maximum atomic E-state index is 11.9. The number of Topliss-reactive ketones (excluding diaryl/α,β-unsaturated/α-hetero) is 1. The minimum absolute atomic E-state index is 0.311. The fraction of sp³-hybridized carbons (Fsp3) is 0.438. The van der Waals surface area contributed by atoms with Crippen LogP contribution in [-0.4, -0.2) is 30.6 Å². The lowest BCUT2D eigenvalue weighted by Crippen LogP contribution is -2.27. The molecule has 0 spiro atoms. The molecule has 6 heteroatoms. The minimum Gasteiger partial charge on any atom is -0.469 e. The van der Waals surface area contributed by atoms with Crippen LogP contribution in [0.4, 0.5) is 10.5 Å². The highest BCUT2D eigenvalue weighted by Gasteiger charge is 2.17. The van der Waals surface area contributed by atoms with Gasteiger partial charge in [-0.25, -0.2) is 4.79 Å². The molecule has 0 radical (unpaired) electrons. The first-order valence-electron chi connectivity index (χ1n) is 6.83. The monoisotopic (exact) mass is 307 g/mol. The molecular formula is C16H21NO5. The van der Waals surface area contributed by atoms with E-state index in [4.69, 9.17) is 4.74 Å². The number of ketones is 1. The van der Waals surface area contributed by atoms with Gasteiger partial charge in [0.15, 0.2) is 5.78 Å². The first kappa shape index (κ1) is 17.7. The summed E-state index contributed by atoms with van der Waals surface area (Å²) in [7, 11) is 1.23. The van der Waals surface area contributed by atoms with Crippen molar-refractivity contribution >= 4 is 23.5 Å². The van der Waals surface area contributed by atoms with Gasteiger partial charge < -0.3 is 9.47 Å². The third kappa shape index (κ3) is 5.55. The lowest BCUT2D eigenvalue weighted by atomic mass is 10.0. The lowest BCUT2D eigenvalue weighted by Gasteiger charge is -2.20. The molecule has 0 aliphatic heterocycles. The Morgan fingerprint density at radius 1 is 1.18 bits per heavy atom. The Morgan fingerprint density at radius 3 is 2.32 bits per heavy atom. The first-order valence-corrected chi connectivity index (χ1v) is 6.83. The molecule has 0 unspecified atom stereocenters. The molecule has 1 aromatic carbocycles. The van der Waals surface area contributed by atoms with E-state index in [0.29, 0.717) is 16.8 Å². The number of ether oxygens (including phenoxy) is 2. The van der Waals surface area contributed by atoms with Crippen LogP contribution in [0, 0.1) is 6.92 Å². The second kappa shape index (κ2) is 7.06. The van der Waals surface area contributed by atoms with Gasteiger partial charge in [0.1, 0.15) is 12.0 Å². The zero-order chi connectivity index (χ0) is 16.9. The highest BCUT2D eigenvalue weighted by Crippen LogP contribution is 2.19. The van der Waals surface area contributed by atoms with Crippen LogP contribution in [0.5, 0.6) is 0 Å². The normalized spacial score (nSPS) is 10.8. The van der Waals surface area contributed by atoms with E-state index in [9.17, 15) is 14.4 Å². The summed E-state index contributed by atoms with van der Waals surface area (Å²) in [6, 6.07) is 4.76. The second-order valence-electron chi connectivity index (χ2n) is 5.83. The van der Waals surface area contributed by atoms with Gasteiger partial charge in [-0.05, 0) is 51.5 Å². The number of carbonyl (C=O) groups excluding carboxylic acids is 3. The van der Waals surface area contributed by atoms with Crippen molar-refractivity contribution in [2.24, 2.45) is 0 Å². The van der Waals surface area contributed by atoms with Crippen molar-refractivity contribution in [1.29, 1.82) is 0 Å². The van der Waals surface area contributed by atoms with Gasteiger partial charge in [0.25, 0.3) is 0 Å². The van der Waals surface area contributed by atoms with E-state index in [2.05, 4.69) is 10.1 Å². The molecule has 0 heterocycles. The van der Waals surface area contributed by atoms with Gasteiger partial charge in [-0.2, -0.15) is 0 Å². The summed E-state index contributed by atoms with van der Waals surface area (Å²) < 4.78 is 9.63. The van der Waals surface area contributed by atoms with Crippen molar-refractivity contribution < 1.29 is 23.9 Å². The maximum Gasteiger partial charge on any atom is 0.412 e. The molecule has 0 aromatic heterocycles. The molecule has 1 amide bonds. The highest BCUT2D eigenvalue weighted by atomic mass is 16.6. The Labute approximate surface area is 129 Å². The van der Waals surface area contributed by atoms with Crippen LogP contribution in [-0.2, 0) is 14.3 Å². The molecule has 0 aliphatic rings. The number of anilines is 1. The standard InChI is InChI=1S/C16H21NO5/c1-10-8-11(13(18)9-14(19)21-5)6-7-12(10)17-15(20)22-16(2,3)4/h6-8H,9H2,1-5H3,(H,17,20). The number of nitrogens with one attached hydrogen (secondary N) is 1. The average molecular weight is 307 g/mol.